The Morgan fingerprint density at radius 2 is 1.88 bits per heavy atom. The van der Waals surface area contributed by atoms with Crippen molar-refractivity contribution >= 4 is 12.0 Å². The van der Waals surface area contributed by atoms with Crippen LogP contribution >= 0.6 is 0 Å². The predicted molar refractivity (Wildman–Crippen MR) is 53.6 cm³/mol. The first-order valence-electron chi connectivity index (χ1n) is 5.00. The molecule has 0 saturated carbocycles. The van der Waals surface area contributed by atoms with Crippen molar-refractivity contribution < 1.29 is 27.9 Å². The molecule has 0 heterocycles. The van der Waals surface area contributed by atoms with E-state index in [2.05, 4.69) is 5.32 Å². The number of alkyl halides is 3. The number of carboxylic acids is 1. The van der Waals surface area contributed by atoms with Gasteiger partial charge in [0.05, 0.1) is 0 Å². The maximum atomic E-state index is 11.8. The van der Waals surface area contributed by atoms with Crippen LogP contribution in [0.3, 0.4) is 0 Å². The molecule has 0 unspecified atom stereocenters. The number of hydrogen-bond donors (Lipinski definition) is 2. The lowest BCUT2D eigenvalue weighted by atomic mass is 10.2. The van der Waals surface area contributed by atoms with E-state index in [-0.39, 0.29) is 19.4 Å². The van der Waals surface area contributed by atoms with Crippen LogP contribution in [0.2, 0.25) is 0 Å². The van der Waals surface area contributed by atoms with E-state index in [1.807, 2.05) is 0 Å². The fourth-order valence-corrected chi connectivity index (χ4v) is 1.06. The summed E-state index contributed by atoms with van der Waals surface area (Å²) in [5, 5.41) is 10.7. The van der Waals surface area contributed by atoms with E-state index in [0.29, 0.717) is 0 Å². The van der Waals surface area contributed by atoms with Crippen molar-refractivity contribution in [3.05, 3.63) is 0 Å². The van der Waals surface area contributed by atoms with Crippen molar-refractivity contribution in [2.24, 2.45) is 0 Å². The van der Waals surface area contributed by atoms with Crippen LogP contribution in [0.15, 0.2) is 0 Å². The molecule has 0 aromatic carbocycles. The smallest absolute Gasteiger partial charge is 0.389 e. The number of rotatable bonds is 6. The molecule has 0 fully saturated rings. The maximum Gasteiger partial charge on any atom is 0.389 e. The van der Waals surface area contributed by atoms with Crippen LogP contribution in [0.25, 0.3) is 0 Å². The molecule has 2 N–H and O–H groups in total. The molecule has 0 aliphatic rings. The Balaban J connectivity index is 3.61. The van der Waals surface area contributed by atoms with Gasteiger partial charge in [0.15, 0.2) is 0 Å². The largest absolute Gasteiger partial charge is 0.480 e. The second-order valence-corrected chi connectivity index (χ2v) is 3.55. The normalized spacial score (nSPS) is 11.1. The van der Waals surface area contributed by atoms with Crippen molar-refractivity contribution in [2.45, 2.75) is 25.4 Å². The molecule has 100 valence electrons. The molecule has 0 spiro atoms. The summed E-state index contributed by atoms with van der Waals surface area (Å²) in [6.07, 6.45) is -4.92. The summed E-state index contributed by atoms with van der Waals surface area (Å²) in [5.41, 5.74) is 0. The highest BCUT2D eigenvalue weighted by Gasteiger charge is 2.25. The Morgan fingerprint density at radius 3 is 2.35 bits per heavy atom. The molecule has 0 atom stereocenters. The molecular formula is C9H15F3N2O3. The molecular weight excluding hydrogens is 241 g/mol. The summed E-state index contributed by atoms with van der Waals surface area (Å²) in [5.74, 6) is -1.15. The lowest BCUT2D eigenvalue weighted by Gasteiger charge is -2.15. The first-order valence-corrected chi connectivity index (χ1v) is 5.00. The highest BCUT2D eigenvalue weighted by Crippen LogP contribution is 2.21. The number of amides is 2. The topological polar surface area (TPSA) is 69.6 Å². The molecule has 8 heteroatoms. The minimum absolute atomic E-state index is 0.0631. The molecule has 0 radical (unpaired) electrons. The zero-order valence-corrected chi connectivity index (χ0v) is 9.38. The first-order chi connectivity index (χ1) is 7.72. The molecule has 17 heavy (non-hydrogen) atoms. The van der Waals surface area contributed by atoms with Crippen molar-refractivity contribution in [2.75, 3.05) is 20.1 Å². The number of carbonyl (C=O) groups excluding carboxylic acids is 1. The second-order valence-electron chi connectivity index (χ2n) is 3.55. The quantitative estimate of drug-likeness (QED) is 0.706. The highest BCUT2D eigenvalue weighted by molar-refractivity contribution is 5.79. The summed E-state index contributed by atoms with van der Waals surface area (Å²) in [6, 6.07) is -0.612. The number of likely N-dealkylation sites (N-methyl/N-ethyl adjacent to an activating group) is 1. The van der Waals surface area contributed by atoms with E-state index in [4.69, 9.17) is 5.11 Å². The molecule has 0 aliphatic heterocycles. The van der Waals surface area contributed by atoms with Gasteiger partial charge >= 0.3 is 18.2 Å². The molecule has 0 rings (SSSR count). The molecule has 5 nitrogen and oxygen atoms in total. The zero-order chi connectivity index (χ0) is 13.5. The van der Waals surface area contributed by atoms with Crippen molar-refractivity contribution in [3.8, 4) is 0 Å². The molecule has 0 aliphatic carbocycles. The second kappa shape index (κ2) is 6.97. The van der Waals surface area contributed by atoms with Crippen LogP contribution in [0.1, 0.15) is 19.3 Å². The third-order valence-electron chi connectivity index (χ3n) is 1.88. The zero-order valence-electron chi connectivity index (χ0n) is 9.38. The van der Waals surface area contributed by atoms with Crippen LogP contribution in [-0.4, -0.2) is 48.3 Å². The van der Waals surface area contributed by atoms with Gasteiger partial charge in [0, 0.05) is 20.0 Å². The van der Waals surface area contributed by atoms with Gasteiger partial charge in [-0.15, -0.1) is 0 Å². The number of carboxylic acid groups (broad SMARTS) is 1. The number of carbonyl (C=O) groups is 2. The first kappa shape index (κ1) is 15.5. The van der Waals surface area contributed by atoms with Gasteiger partial charge in [0.25, 0.3) is 0 Å². The average molecular weight is 256 g/mol. The molecule has 0 bridgehead atoms. The van der Waals surface area contributed by atoms with Gasteiger partial charge in [-0.1, -0.05) is 0 Å². The average Bonchev–Trinajstić information content (AvgIpc) is 2.13. The van der Waals surface area contributed by atoms with Gasteiger partial charge in [-0.2, -0.15) is 13.2 Å². The SMILES string of the molecule is CN(CC(=O)O)C(=O)NCCCCC(F)(F)F. The van der Waals surface area contributed by atoms with Crippen molar-refractivity contribution in [1.29, 1.82) is 0 Å². The number of aliphatic carboxylic acids is 1. The minimum atomic E-state index is -4.18. The van der Waals surface area contributed by atoms with Crippen LogP contribution in [0.4, 0.5) is 18.0 Å². The summed E-state index contributed by atoms with van der Waals surface area (Å²) < 4.78 is 35.3. The van der Waals surface area contributed by atoms with Crippen LogP contribution in [0, 0.1) is 0 Å². The number of nitrogens with zero attached hydrogens (tertiary/aromatic N) is 1. The standard InChI is InChI=1S/C9H15F3N2O3/c1-14(6-7(15)16)8(17)13-5-3-2-4-9(10,11)12/h2-6H2,1H3,(H,13,17)(H,15,16). The van der Waals surface area contributed by atoms with Crippen LogP contribution in [-0.2, 0) is 4.79 Å². The number of urea groups is 1. The third kappa shape index (κ3) is 9.46. The van der Waals surface area contributed by atoms with Gasteiger partial charge in [-0.05, 0) is 12.8 Å². The van der Waals surface area contributed by atoms with Crippen molar-refractivity contribution in [3.63, 3.8) is 0 Å². The molecule has 0 saturated heterocycles. The fraction of sp³-hybridized carbons (Fsp3) is 0.778. The van der Waals surface area contributed by atoms with Gasteiger partial charge in [-0.3, -0.25) is 4.79 Å². The monoisotopic (exact) mass is 256 g/mol. The van der Waals surface area contributed by atoms with E-state index >= 15 is 0 Å². The summed E-state index contributed by atoms with van der Waals surface area (Å²) in [6.45, 7) is -0.354. The van der Waals surface area contributed by atoms with Gasteiger partial charge in [0.1, 0.15) is 6.54 Å². The van der Waals surface area contributed by atoms with E-state index in [9.17, 15) is 22.8 Å². The Hall–Kier alpha value is -1.47. The van der Waals surface area contributed by atoms with Crippen LogP contribution in [0.5, 0.6) is 0 Å². The molecule has 2 amide bonds. The van der Waals surface area contributed by atoms with E-state index in [1.54, 1.807) is 0 Å². The Morgan fingerprint density at radius 1 is 1.29 bits per heavy atom. The van der Waals surface area contributed by atoms with Gasteiger partial charge in [0.2, 0.25) is 0 Å². The summed E-state index contributed by atoms with van der Waals surface area (Å²) in [4.78, 5) is 22.4. The Labute approximate surface area is 96.6 Å². The fourth-order valence-electron chi connectivity index (χ4n) is 1.06. The lowest BCUT2D eigenvalue weighted by Crippen LogP contribution is -2.40. The number of hydrogen-bond acceptors (Lipinski definition) is 2. The maximum absolute atomic E-state index is 11.8. The molecule has 0 aromatic heterocycles. The lowest BCUT2D eigenvalue weighted by molar-refractivity contribution is -0.137. The number of halogens is 3. The van der Waals surface area contributed by atoms with E-state index in [1.165, 1.54) is 7.05 Å². The number of nitrogens with one attached hydrogen (secondary N) is 1. The predicted octanol–water partition coefficient (Wildman–Crippen LogP) is 1.44. The van der Waals surface area contributed by atoms with Crippen LogP contribution < -0.4 is 5.32 Å². The summed E-state index contributed by atoms with van der Waals surface area (Å²) in [7, 11) is 1.29. The third-order valence-corrected chi connectivity index (χ3v) is 1.88. The Kier molecular flexibility index (Phi) is 6.37. The molecule has 0 aromatic rings. The summed E-state index contributed by atoms with van der Waals surface area (Å²) >= 11 is 0. The van der Waals surface area contributed by atoms with Gasteiger partial charge < -0.3 is 15.3 Å². The van der Waals surface area contributed by atoms with E-state index in [0.717, 1.165) is 4.90 Å². The number of unbranched alkanes of at least 4 members (excludes halogenated alkanes) is 1. The Bertz CT molecular complexity index is 269. The van der Waals surface area contributed by atoms with E-state index < -0.39 is 31.1 Å². The minimum Gasteiger partial charge on any atom is -0.480 e. The van der Waals surface area contributed by atoms with Gasteiger partial charge in [-0.25, -0.2) is 4.79 Å². The van der Waals surface area contributed by atoms with Crippen molar-refractivity contribution in [1.82, 2.24) is 10.2 Å². The highest BCUT2D eigenvalue weighted by atomic mass is 19.4.